The number of ether oxygens (including phenoxy) is 1. The molecule has 1 saturated carbocycles. The van der Waals surface area contributed by atoms with Crippen LogP contribution in [0.25, 0.3) is 21.3 Å². The number of hydrazine groups is 1. The van der Waals surface area contributed by atoms with Crippen LogP contribution >= 0.6 is 19.3 Å². The maximum Gasteiger partial charge on any atom is 0.255 e. The van der Waals surface area contributed by atoms with E-state index in [0.717, 1.165) is 33.5 Å². The fraction of sp³-hybridized carbons (Fsp3) is 0.385. The van der Waals surface area contributed by atoms with Crippen molar-refractivity contribution in [1.29, 1.82) is 0 Å². The van der Waals surface area contributed by atoms with E-state index in [0.29, 0.717) is 67.2 Å². The van der Waals surface area contributed by atoms with Crippen LogP contribution in [0.3, 0.4) is 0 Å². The standard InChI is InChI=1S/C52H58N9O7PS/c1-30-44(70-28-54-30)31-13-17-36(18-14-31)57-47(63)40-10-7-24-60(40)50(66)45(52(2,3)4)59-51(67)69(5)29-68-25-23-55-56-27-35-21-22-53-43-38(35)8-6-9-39(43)58-46(62)32-15-19-37(20-16-32)61-48(64)41-33-11-12-34(26-33)42(41)49(61)65/h6,8-9,11-22,28,33-34,40-42,45,55-56H,7,10,23-27,29H2,1-5H3,(H,57,63)(H,58,62)(H,59,67)/t33-,34+,40?,41-,42+,45-,69?/m1/s1. The summed E-state index contributed by atoms with van der Waals surface area (Å²) in [5, 5.41) is 9.83. The molecular formula is C52H58N9O7PS. The van der Waals surface area contributed by atoms with Gasteiger partial charge in [0.05, 0.1) is 57.8 Å². The summed E-state index contributed by atoms with van der Waals surface area (Å²) in [6.45, 7) is 11.1. The lowest BCUT2D eigenvalue weighted by molar-refractivity contribution is -0.140. The van der Waals surface area contributed by atoms with E-state index < -0.39 is 25.4 Å². The molecule has 6 amide bonds. The minimum Gasteiger partial charge on any atom is -0.375 e. The zero-order chi connectivity index (χ0) is 49.3. The maximum absolute atomic E-state index is 14.1. The minimum absolute atomic E-state index is 0.122. The maximum atomic E-state index is 14.1. The number of aromatic nitrogens is 2. The molecule has 3 fully saturated rings. The molecule has 0 radical (unpaired) electrons. The van der Waals surface area contributed by atoms with Crippen molar-refractivity contribution in [2.24, 2.45) is 29.1 Å². The molecule has 2 aliphatic carbocycles. The van der Waals surface area contributed by atoms with Crippen LogP contribution < -0.4 is 31.7 Å². The van der Waals surface area contributed by atoms with Gasteiger partial charge in [-0.05, 0) is 110 Å². The van der Waals surface area contributed by atoms with Crippen molar-refractivity contribution in [3.63, 3.8) is 0 Å². The number of carbonyl (C=O) groups is 6. The van der Waals surface area contributed by atoms with Crippen LogP contribution in [0.5, 0.6) is 0 Å². The summed E-state index contributed by atoms with van der Waals surface area (Å²) in [6.07, 6.45) is 8.11. The molecule has 2 aromatic heterocycles. The fourth-order valence-electron chi connectivity index (χ4n) is 10.1. The summed E-state index contributed by atoms with van der Waals surface area (Å²) in [4.78, 5) is 94.1. The van der Waals surface area contributed by atoms with Crippen molar-refractivity contribution in [3.8, 4) is 10.4 Å². The van der Waals surface area contributed by atoms with Gasteiger partial charge in [0, 0.05) is 50.4 Å². The second-order valence-electron chi connectivity index (χ2n) is 19.5. The molecule has 9 rings (SSSR count). The van der Waals surface area contributed by atoms with Gasteiger partial charge in [0.2, 0.25) is 29.3 Å². The highest BCUT2D eigenvalue weighted by molar-refractivity contribution is 7.73. The highest BCUT2D eigenvalue weighted by Gasteiger charge is 2.59. The normalized spacial score (nSPS) is 21.3. The zero-order valence-electron chi connectivity index (χ0n) is 39.9. The molecule has 2 unspecified atom stereocenters. The molecule has 0 spiro atoms. The van der Waals surface area contributed by atoms with Gasteiger partial charge in [0.25, 0.3) is 5.91 Å². The number of para-hydroxylation sites is 1. The number of benzene rings is 3. The van der Waals surface area contributed by atoms with Crippen molar-refractivity contribution in [2.75, 3.05) is 48.2 Å². The van der Waals surface area contributed by atoms with Crippen LogP contribution in [0.4, 0.5) is 21.9 Å². The average molecular weight is 984 g/mol. The number of anilines is 3. The third-order valence-electron chi connectivity index (χ3n) is 13.8. The molecule has 2 aliphatic heterocycles. The van der Waals surface area contributed by atoms with Crippen LogP contribution in [0.15, 0.2) is 96.7 Å². The molecule has 5 aromatic rings. The number of rotatable bonds is 17. The zero-order valence-corrected chi connectivity index (χ0v) is 41.6. The molecule has 5 N–H and O–H groups in total. The summed E-state index contributed by atoms with van der Waals surface area (Å²) in [6, 6.07) is 20.2. The van der Waals surface area contributed by atoms with E-state index >= 15 is 0 Å². The Morgan fingerprint density at radius 2 is 1.63 bits per heavy atom. The van der Waals surface area contributed by atoms with Crippen LogP contribution in [-0.4, -0.2) is 94.8 Å². The summed E-state index contributed by atoms with van der Waals surface area (Å²) < 4.78 is 5.89. The highest BCUT2D eigenvalue weighted by atomic mass is 32.1. The van der Waals surface area contributed by atoms with Crippen molar-refractivity contribution in [2.45, 2.75) is 65.6 Å². The topological polar surface area (TPSA) is 204 Å². The first-order chi connectivity index (χ1) is 33.7. The van der Waals surface area contributed by atoms with Gasteiger partial charge in [-0.25, -0.2) is 4.98 Å². The van der Waals surface area contributed by atoms with Gasteiger partial charge >= 0.3 is 0 Å². The second-order valence-corrected chi connectivity index (χ2v) is 22.4. The molecule has 16 nitrogen and oxygen atoms in total. The number of fused-ring (bicyclic) bond motifs is 6. The number of imide groups is 1. The Labute approximate surface area is 412 Å². The predicted octanol–water partition coefficient (Wildman–Crippen LogP) is 7.66. The van der Waals surface area contributed by atoms with E-state index in [1.54, 1.807) is 52.8 Å². The van der Waals surface area contributed by atoms with Gasteiger partial charge in [0.1, 0.15) is 12.1 Å². The van der Waals surface area contributed by atoms with E-state index in [1.807, 2.05) is 82.3 Å². The average Bonchev–Trinajstić information content (AvgIpc) is 4.21. The molecule has 2 saturated heterocycles. The van der Waals surface area contributed by atoms with Crippen molar-refractivity contribution in [3.05, 3.63) is 113 Å². The Kier molecular flexibility index (Phi) is 14.4. The molecule has 4 aliphatic rings. The summed E-state index contributed by atoms with van der Waals surface area (Å²) in [5.41, 5.74) is 12.9. The van der Waals surface area contributed by atoms with Crippen LogP contribution in [0, 0.1) is 36.0 Å². The second kappa shape index (κ2) is 20.6. The lowest BCUT2D eigenvalue weighted by Gasteiger charge is -2.36. The van der Waals surface area contributed by atoms with E-state index in [-0.39, 0.29) is 65.2 Å². The Morgan fingerprint density at radius 1 is 0.900 bits per heavy atom. The van der Waals surface area contributed by atoms with Crippen LogP contribution in [0.2, 0.25) is 0 Å². The fourth-order valence-corrected chi connectivity index (χ4v) is 11.8. The van der Waals surface area contributed by atoms with E-state index in [1.165, 1.54) is 4.90 Å². The molecule has 2 bridgehead atoms. The molecule has 364 valence electrons. The van der Waals surface area contributed by atoms with Gasteiger partial charge in [0.15, 0.2) is 0 Å². The molecule has 70 heavy (non-hydrogen) atoms. The quantitative estimate of drug-likeness (QED) is 0.0201. The lowest BCUT2D eigenvalue weighted by Crippen LogP contribution is -2.56. The minimum atomic E-state index is -1.29. The number of hydrogen-bond donors (Lipinski definition) is 5. The largest absolute Gasteiger partial charge is 0.375 e. The number of nitrogens with one attached hydrogen (secondary N) is 5. The van der Waals surface area contributed by atoms with E-state index in [9.17, 15) is 28.8 Å². The number of thiazole rings is 1. The summed E-state index contributed by atoms with van der Waals surface area (Å²) in [7, 11) is -1.29. The first-order valence-electron chi connectivity index (χ1n) is 23.7. The Bertz CT molecular complexity index is 2820. The molecule has 3 aromatic carbocycles. The van der Waals surface area contributed by atoms with Gasteiger partial charge in [-0.1, -0.05) is 57.2 Å². The Hall–Kier alpha value is -6.23. The number of amides is 6. The predicted molar refractivity (Wildman–Crippen MR) is 272 cm³/mol. The monoisotopic (exact) mass is 983 g/mol. The SMILES string of the molecule is Cc1ncsc1-c1ccc(NC(=O)C2CCCN2C(=O)[C@@H](NC(=O)P(C)COCCNNCc2ccnc3c(NC(=O)c4ccc(N5C(=O)[C@@H]6[C@H](C5=O)[C@@H]5C=C[C@H]6C5)cc4)cccc23)C(C)(C)C)cc1. The molecule has 7 atom stereocenters. The third-order valence-corrected chi connectivity index (χ3v) is 16.1. The van der Waals surface area contributed by atoms with Gasteiger partial charge in [-0.2, -0.15) is 0 Å². The molecule has 4 heterocycles. The van der Waals surface area contributed by atoms with Gasteiger partial charge in [-0.3, -0.25) is 49.5 Å². The van der Waals surface area contributed by atoms with Crippen molar-refractivity contribution >= 4 is 82.4 Å². The van der Waals surface area contributed by atoms with Crippen LogP contribution in [0.1, 0.15) is 61.6 Å². The lowest BCUT2D eigenvalue weighted by atomic mass is 9.85. The molecule has 18 heteroatoms. The van der Waals surface area contributed by atoms with E-state index in [4.69, 9.17) is 4.74 Å². The number of allylic oxidation sites excluding steroid dienone is 2. The first kappa shape index (κ1) is 48.8. The highest BCUT2D eigenvalue weighted by Crippen LogP contribution is 2.53. The summed E-state index contributed by atoms with van der Waals surface area (Å²) >= 11 is 1.57. The third kappa shape index (κ3) is 10.0. The smallest absolute Gasteiger partial charge is 0.255 e. The van der Waals surface area contributed by atoms with Crippen molar-refractivity contribution < 1.29 is 33.5 Å². The number of hydrogen-bond acceptors (Lipinski definition) is 12. The van der Waals surface area contributed by atoms with E-state index in [2.05, 4.69) is 48.9 Å². The van der Waals surface area contributed by atoms with Gasteiger partial charge < -0.3 is 25.6 Å². The number of carbonyl (C=O) groups excluding carboxylic acids is 6. The number of pyridine rings is 1. The Balaban J connectivity index is 0.713. The van der Waals surface area contributed by atoms with Gasteiger partial charge in [-0.15, -0.1) is 11.3 Å². The van der Waals surface area contributed by atoms with Crippen LogP contribution in [-0.2, 0) is 30.5 Å². The number of likely N-dealkylation sites (tertiary alicyclic amines) is 1. The first-order valence-corrected chi connectivity index (χ1v) is 26.5. The number of aryl methyl sites for hydroxylation is 1. The Morgan fingerprint density at radius 3 is 2.31 bits per heavy atom. The number of nitrogens with zero attached hydrogens (tertiary/aromatic N) is 4. The molecular weight excluding hydrogens is 926 g/mol. The summed E-state index contributed by atoms with van der Waals surface area (Å²) in [5.74, 6) is -1.54. The van der Waals surface area contributed by atoms with Crippen molar-refractivity contribution in [1.82, 2.24) is 31.0 Å².